The van der Waals surface area contributed by atoms with E-state index in [4.69, 9.17) is 4.55 Å². The van der Waals surface area contributed by atoms with E-state index < -0.39 is 10.3 Å². The lowest BCUT2D eigenvalue weighted by molar-refractivity contribution is 0.467. The van der Waals surface area contributed by atoms with E-state index in [1.807, 2.05) is 16.3 Å². The first-order valence-corrected chi connectivity index (χ1v) is 5.99. The Morgan fingerprint density at radius 1 is 1.64 bits per heavy atom. The molecule has 0 aromatic carbocycles. The summed E-state index contributed by atoms with van der Waals surface area (Å²) in [4.78, 5) is 4.86. The Kier molecular flexibility index (Phi) is 2.27. The van der Waals surface area contributed by atoms with E-state index in [1.54, 1.807) is 10.7 Å². The minimum Gasteiger partial charge on any atom is -0.297 e. The Labute approximate surface area is 84.1 Å². The van der Waals surface area contributed by atoms with Crippen molar-refractivity contribution >= 4 is 26.5 Å². The number of fused-ring (bicyclic) bond motifs is 1. The van der Waals surface area contributed by atoms with Crippen LogP contribution in [0.25, 0.3) is 4.83 Å². The molecule has 76 valence electrons. The van der Waals surface area contributed by atoms with Gasteiger partial charge in [0.2, 0.25) is 0 Å². The lowest BCUT2D eigenvalue weighted by Crippen LogP contribution is -2.21. The molecule has 0 saturated carbocycles. The largest absolute Gasteiger partial charge is 0.333 e. The highest BCUT2D eigenvalue weighted by atomic mass is 32.2. The molecule has 2 N–H and O–H groups in total. The molecule has 0 amide bonds. The molecule has 0 atom stereocenters. The maximum atomic E-state index is 10.4. The number of nitrogens with zero attached hydrogens (tertiary/aromatic N) is 2. The van der Waals surface area contributed by atoms with E-state index in [2.05, 4.69) is 4.98 Å². The van der Waals surface area contributed by atoms with Gasteiger partial charge < -0.3 is 0 Å². The fourth-order valence-corrected chi connectivity index (χ4v) is 2.20. The number of hydrogen-bond acceptors (Lipinski definition) is 4. The molecule has 2 heterocycles. The van der Waals surface area contributed by atoms with Crippen LogP contribution in [0.2, 0.25) is 0 Å². The molecular weight excluding hydrogens is 226 g/mol. The molecule has 0 radical (unpaired) electrons. The van der Waals surface area contributed by atoms with Gasteiger partial charge >= 0.3 is 10.3 Å². The van der Waals surface area contributed by atoms with Gasteiger partial charge in [0, 0.05) is 11.6 Å². The van der Waals surface area contributed by atoms with E-state index in [0.717, 1.165) is 4.83 Å². The third-order valence-electron chi connectivity index (χ3n) is 1.64. The van der Waals surface area contributed by atoms with Gasteiger partial charge in [0.1, 0.15) is 11.2 Å². The predicted molar refractivity (Wildman–Crippen MR) is 51.5 cm³/mol. The second kappa shape index (κ2) is 3.31. The predicted octanol–water partition coefficient (Wildman–Crippen LogP) is 0.288. The fraction of sp³-hybridized carbons (Fsp3) is 0.167. The van der Waals surface area contributed by atoms with Gasteiger partial charge in [0.15, 0.2) is 0 Å². The van der Waals surface area contributed by atoms with Gasteiger partial charge in [0.05, 0.1) is 12.2 Å². The third kappa shape index (κ3) is 1.93. The van der Waals surface area contributed by atoms with Crippen LogP contribution in [-0.2, 0) is 16.8 Å². The fourth-order valence-electron chi connectivity index (χ4n) is 1.06. The van der Waals surface area contributed by atoms with Crippen molar-refractivity contribution in [2.75, 3.05) is 0 Å². The quantitative estimate of drug-likeness (QED) is 0.746. The minimum absolute atomic E-state index is 0.00412. The van der Waals surface area contributed by atoms with Gasteiger partial charge in [-0.1, -0.05) is 0 Å². The van der Waals surface area contributed by atoms with Gasteiger partial charge in [-0.05, 0) is 0 Å². The van der Waals surface area contributed by atoms with Gasteiger partial charge in [-0.15, -0.1) is 11.3 Å². The first kappa shape index (κ1) is 9.59. The number of nitrogens with one attached hydrogen (secondary N) is 1. The molecule has 2 aromatic rings. The van der Waals surface area contributed by atoms with Gasteiger partial charge in [-0.25, -0.2) is 4.98 Å². The molecule has 8 heteroatoms. The topological polar surface area (TPSA) is 83.7 Å². The lowest BCUT2D eigenvalue weighted by atomic mass is 10.5. The highest BCUT2D eigenvalue weighted by molar-refractivity contribution is 7.83. The van der Waals surface area contributed by atoms with Gasteiger partial charge in [0.25, 0.3) is 0 Å². The van der Waals surface area contributed by atoms with Crippen LogP contribution in [0.3, 0.4) is 0 Å². The van der Waals surface area contributed by atoms with E-state index in [9.17, 15) is 8.42 Å². The molecular formula is C6H7N3O3S2. The van der Waals surface area contributed by atoms with Crippen LogP contribution < -0.4 is 4.72 Å². The summed E-state index contributed by atoms with van der Waals surface area (Å²) in [6.45, 7) is -0.00412. The second-order valence-corrected chi connectivity index (χ2v) is 4.74. The Hall–Kier alpha value is -0.960. The standard InChI is InChI=1S/C6H7N3O3S2/c10-14(11,12)8-3-5-6-9(4-7-5)1-2-13-6/h1-2,4,8H,3H2,(H,10,11,12). The number of imidazole rings is 1. The zero-order valence-electron chi connectivity index (χ0n) is 6.91. The molecule has 14 heavy (non-hydrogen) atoms. The normalized spacial score (nSPS) is 12.4. The number of aromatic nitrogens is 2. The molecule has 0 aliphatic heterocycles. The smallest absolute Gasteiger partial charge is 0.297 e. The Balaban J connectivity index is 2.24. The van der Waals surface area contributed by atoms with Crippen molar-refractivity contribution in [2.45, 2.75) is 6.54 Å². The van der Waals surface area contributed by atoms with Crippen LogP contribution in [-0.4, -0.2) is 22.4 Å². The molecule has 0 aliphatic rings. The second-order valence-electron chi connectivity index (χ2n) is 2.60. The highest BCUT2D eigenvalue weighted by Gasteiger charge is 2.08. The van der Waals surface area contributed by atoms with Crippen molar-refractivity contribution in [1.82, 2.24) is 14.1 Å². The van der Waals surface area contributed by atoms with Crippen molar-refractivity contribution in [3.63, 3.8) is 0 Å². The van der Waals surface area contributed by atoms with E-state index >= 15 is 0 Å². The molecule has 2 aromatic heterocycles. The van der Waals surface area contributed by atoms with Crippen LogP contribution in [0.15, 0.2) is 17.9 Å². The minimum atomic E-state index is -4.15. The third-order valence-corrected chi connectivity index (χ3v) is 3.08. The highest BCUT2D eigenvalue weighted by Crippen LogP contribution is 2.15. The summed E-state index contributed by atoms with van der Waals surface area (Å²) in [5, 5.41) is 1.87. The zero-order valence-corrected chi connectivity index (χ0v) is 8.55. The van der Waals surface area contributed by atoms with Crippen LogP contribution in [0.4, 0.5) is 0 Å². The number of hydrogen-bond donors (Lipinski definition) is 2. The molecule has 0 saturated heterocycles. The van der Waals surface area contributed by atoms with Crippen molar-refractivity contribution in [3.8, 4) is 0 Å². The summed E-state index contributed by atoms with van der Waals surface area (Å²) in [6.07, 6.45) is 3.41. The van der Waals surface area contributed by atoms with Crippen LogP contribution in [0.1, 0.15) is 5.69 Å². The summed E-state index contributed by atoms with van der Waals surface area (Å²) in [5.74, 6) is 0. The average Bonchev–Trinajstić information content (AvgIpc) is 2.59. The van der Waals surface area contributed by atoms with Crippen molar-refractivity contribution in [3.05, 3.63) is 23.6 Å². The first-order chi connectivity index (χ1) is 6.56. The Morgan fingerprint density at radius 2 is 2.43 bits per heavy atom. The Morgan fingerprint density at radius 3 is 3.14 bits per heavy atom. The monoisotopic (exact) mass is 233 g/mol. The van der Waals surface area contributed by atoms with Crippen LogP contribution >= 0.6 is 11.3 Å². The zero-order chi connectivity index (χ0) is 10.2. The number of rotatable bonds is 3. The van der Waals surface area contributed by atoms with E-state index in [0.29, 0.717) is 5.69 Å². The van der Waals surface area contributed by atoms with E-state index in [1.165, 1.54) is 11.3 Å². The van der Waals surface area contributed by atoms with Crippen molar-refractivity contribution in [1.29, 1.82) is 0 Å². The summed E-state index contributed by atoms with van der Waals surface area (Å²) in [7, 11) is -4.15. The summed E-state index contributed by atoms with van der Waals surface area (Å²) in [5.41, 5.74) is 0.595. The molecule has 2 rings (SSSR count). The molecule has 0 spiro atoms. The molecule has 6 nitrogen and oxygen atoms in total. The summed E-state index contributed by atoms with van der Waals surface area (Å²) in [6, 6.07) is 0. The average molecular weight is 233 g/mol. The number of thiazole rings is 1. The SMILES string of the molecule is O=S(=O)(O)NCc1ncn2ccsc12. The summed E-state index contributed by atoms with van der Waals surface area (Å²) >= 11 is 1.46. The van der Waals surface area contributed by atoms with Gasteiger partial charge in [-0.2, -0.15) is 13.1 Å². The molecule has 0 aliphatic carbocycles. The van der Waals surface area contributed by atoms with Crippen molar-refractivity contribution in [2.24, 2.45) is 0 Å². The van der Waals surface area contributed by atoms with E-state index in [-0.39, 0.29) is 6.54 Å². The van der Waals surface area contributed by atoms with Crippen molar-refractivity contribution < 1.29 is 13.0 Å². The molecule has 0 unspecified atom stereocenters. The van der Waals surface area contributed by atoms with Crippen LogP contribution in [0.5, 0.6) is 0 Å². The Bertz CT molecular complexity index is 541. The maximum absolute atomic E-state index is 10.4. The molecule has 0 fully saturated rings. The first-order valence-electron chi connectivity index (χ1n) is 3.67. The summed E-state index contributed by atoms with van der Waals surface area (Å²) < 4.78 is 33.0. The maximum Gasteiger partial charge on any atom is 0.333 e. The lowest BCUT2D eigenvalue weighted by Gasteiger charge is -1.96. The molecule has 0 bridgehead atoms. The van der Waals surface area contributed by atoms with Gasteiger partial charge in [-0.3, -0.25) is 8.95 Å². The van der Waals surface area contributed by atoms with Crippen LogP contribution in [0, 0.1) is 0 Å².